The molecule has 2 heterocycles. The van der Waals surface area contributed by atoms with Gasteiger partial charge in [0.05, 0.1) is 10.6 Å². The van der Waals surface area contributed by atoms with E-state index in [1.807, 2.05) is 12.3 Å². The van der Waals surface area contributed by atoms with Gasteiger partial charge in [0.25, 0.3) is 0 Å². The SMILES string of the molecule is Cc1nc(-c2nn(C)c(N)c2-c2ccc(F)cc2F)cs1. The average Bonchev–Trinajstić information content (AvgIpc) is 2.96. The standard InChI is InChI=1S/C14H12F2N4S/c1-7-18-11(6-21-7)13-12(14(17)20(2)19-13)9-4-3-8(15)5-10(9)16/h3-6H,17H2,1-2H3. The number of anilines is 1. The Kier molecular flexibility index (Phi) is 3.21. The van der Waals surface area contributed by atoms with Gasteiger partial charge in [-0.3, -0.25) is 4.68 Å². The molecule has 0 bridgehead atoms. The van der Waals surface area contributed by atoms with E-state index in [9.17, 15) is 8.78 Å². The Morgan fingerprint density at radius 1 is 1.29 bits per heavy atom. The van der Waals surface area contributed by atoms with Crippen LogP contribution < -0.4 is 5.73 Å². The molecule has 108 valence electrons. The maximum Gasteiger partial charge on any atom is 0.134 e. The lowest BCUT2D eigenvalue weighted by Crippen LogP contribution is -1.98. The number of hydrogen-bond acceptors (Lipinski definition) is 4. The van der Waals surface area contributed by atoms with E-state index in [4.69, 9.17) is 5.73 Å². The predicted octanol–water partition coefficient (Wildman–Crippen LogP) is 3.38. The van der Waals surface area contributed by atoms with Crippen LogP contribution in [0.2, 0.25) is 0 Å². The third-order valence-electron chi connectivity index (χ3n) is 3.15. The van der Waals surface area contributed by atoms with E-state index in [-0.39, 0.29) is 5.56 Å². The summed E-state index contributed by atoms with van der Waals surface area (Å²) < 4.78 is 28.6. The van der Waals surface area contributed by atoms with Crippen molar-refractivity contribution in [1.82, 2.24) is 14.8 Å². The second-order valence-corrected chi connectivity index (χ2v) is 5.67. The van der Waals surface area contributed by atoms with E-state index in [1.165, 1.54) is 28.2 Å². The van der Waals surface area contributed by atoms with Gasteiger partial charge in [0.1, 0.15) is 28.8 Å². The molecule has 1 aromatic carbocycles. The monoisotopic (exact) mass is 306 g/mol. The van der Waals surface area contributed by atoms with Gasteiger partial charge < -0.3 is 5.73 Å². The van der Waals surface area contributed by atoms with Crippen molar-refractivity contribution in [3.63, 3.8) is 0 Å². The molecular formula is C14H12F2N4S. The smallest absolute Gasteiger partial charge is 0.134 e. The summed E-state index contributed by atoms with van der Waals surface area (Å²) in [7, 11) is 1.67. The Morgan fingerprint density at radius 2 is 2.05 bits per heavy atom. The Hall–Kier alpha value is -2.28. The summed E-state index contributed by atoms with van der Waals surface area (Å²) in [5.41, 5.74) is 7.76. The molecule has 0 unspecified atom stereocenters. The van der Waals surface area contributed by atoms with Gasteiger partial charge in [-0.15, -0.1) is 11.3 Å². The zero-order chi connectivity index (χ0) is 15.1. The number of rotatable bonds is 2. The van der Waals surface area contributed by atoms with Gasteiger partial charge in [-0.2, -0.15) is 5.10 Å². The van der Waals surface area contributed by atoms with E-state index < -0.39 is 11.6 Å². The van der Waals surface area contributed by atoms with Crippen LogP contribution in [0, 0.1) is 18.6 Å². The number of nitrogens with two attached hydrogens (primary N) is 1. The maximum absolute atomic E-state index is 14.1. The van der Waals surface area contributed by atoms with Crippen molar-refractivity contribution in [1.29, 1.82) is 0 Å². The molecule has 0 saturated carbocycles. The first-order valence-electron chi connectivity index (χ1n) is 6.17. The van der Waals surface area contributed by atoms with Crippen molar-refractivity contribution in [2.75, 3.05) is 5.73 Å². The van der Waals surface area contributed by atoms with Gasteiger partial charge in [-0.05, 0) is 19.1 Å². The third-order valence-corrected chi connectivity index (χ3v) is 3.93. The number of aromatic nitrogens is 3. The summed E-state index contributed by atoms with van der Waals surface area (Å²) >= 11 is 1.47. The molecule has 0 aliphatic rings. The normalized spacial score (nSPS) is 11.0. The summed E-state index contributed by atoms with van der Waals surface area (Å²) in [5.74, 6) is -1.01. The molecule has 0 amide bonds. The zero-order valence-corrected chi connectivity index (χ0v) is 12.2. The largest absolute Gasteiger partial charge is 0.383 e. The summed E-state index contributed by atoms with van der Waals surface area (Å²) in [6.45, 7) is 1.87. The van der Waals surface area contributed by atoms with Gasteiger partial charge in [-0.25, -0.2) is 13.8 Å². The molecule has 3 aromatic rings. The van der Waals surface area contributed by atoms with Crippen molar-refractivity contribution in [2.24, 2.45) is 7.05 Å². The fraction of sp³-hybridized carbons (Fsp3) is 0.143. The van der Waals surface area contributed by atoms with Crippen molar-refractivity contribution >= 4 is 17.2 Å². The predicted molar refractivity (Wildman–Crippen MR) is 78.8 cm³/mol. The van der Waals surface area contributed by atoms with Crippen molar-refractivity contribution < 1.29 is 8.78 Å². The summed E-state index contributed by atoms with van der Waals surface area (Å²) in [5, 5.41) is 7.02. The highest BCUT2D eigenvalue weighted by atomic mass is 32.1. The minimum absolute atomic E-state index is 0.211. The van der Waals surface area contributed by atoms with Crippen LogP contribution in [0.5, 0.6) is 0 Å². The summed E-state index contributed by atoms with van der Waals surface area (Å²) in [6, 6.07) is 3.39. The molecule has 0 fully saturated rings. The van der Waals surface area contributed by atoms with Gasteiger partial charge in [-0.1, -0.05) is 0 Å². The molecule has 4 nitrogen and oxygen atoms in total. The number of halogens is 2. The number of benzene rings is 1. The molecular weight excluding hydrogens is 294 g/mol. The van der Waals surface area contributed by atoms with Crippen LogP contribution in [0.3, 0.4) is 0 Å². The molecule has 2 aromatic heterocycles. The quantitative estimate of drug-likeness (QED) is 0.789. The minimum atomic E-state index is -0.678. The molecule has 0 aliphatic heterocycles. The molecule has 0 atom stereocenters. The molecule has 21 heavy (non-hydrogen) atoms. The van der Waals surface area contributed by atoms with Gasteiger partial charge >= 0.3 is 0 Å². The first-order valence-corrected chi connectivity index (χ1v) is 7.05. The van der Waals surface area contributed by atoms with Crippen molar-refractivity contribution in [2.45, 2.75) is 6.92 Å². The second kappa shape index (κ2) is 4.92. The lowest BCUT2D eigenvalue weighted by molar-refractivity contribution is 0.585. The van der Waals surface area contributed by atoms with Crippen LogP contribution in [0.4, 0.5) is 14.6 Å². The van der Waals surface area contributed by atoms with Gasteiger partial charge in [0.15, 0.2) is 0 Å². The average molecular weight is 306 g/mol. The Bertz CT molecular complexity index is 822. The highest BCUT2D eigenvalue weighted by molar-refractivity contribution is 7.09. The fourth-order valence-electron chi connectivity index (χ4n) is 2.15. The highest BCUT2D eigenvalue weighted by Crippen LogP contribution is 2.37. The first kappa shape index (κ1) is 13.7. The Labute approximate surface area is 123 Å². The van der Waals surface area contributed by atoms with Gasteiger partial charge in [0.2, 0.25) is 0 Å². The number of nitrogen functional groups attached to an aromatic ring is 1. The van der Waals surface area contributed by atoms with Crippen LogP contribution in [0.15, 0.2) is 23.6 Å². The topological polar surface area (TPSA) is 56.7 Å². The fourth-order valence-corrected chi connectivity index (χ4v) is 2.74. The Morgan fingerprint density at radius 3 is 2.67 bits per heavy atom. The highest BCUT2D eigenvalue weighted by Gasteiger charge is 2.21. The Balaban J connectivity index is 2.26. The van der Waals surface area contributed by atoms with Crippen LogP contribution in [0.25, 0.3) is 22.5 Å². The molecule has 7 heteroatoms. The maximum atomic E-state index is 14.1. The molecule has 0 saturated heterocycles. The van der Waals surface area contributed by atoms with Crippen LogP contribution in [0.1, 0.15) is 5.01 Å². The molecule has 0 radical (unpaired) electrons. The lowest BCUT2D eigenvalue weighted by atomic mass is 10.0. The number of thiazole rings is 1. The molecule has 0 spiro atoms. The lowest BCUT2D eigenvalue weighted by Gasteiger charge is -2.04. The molecule has 2 N–H and O–H groups in total. The molecule has 3 rings (SSSR count). The van der Waals surface area contributed by atoms with E-state index in [0.717, 1.165) is 11.1 Å². The van der Waals surface area contributed by atoms with Crippen LogP contribution in [-0.4, -0.2) is 14.8 Å². The van der Waals surface area contributed by atoms with E-state index in [0.29, 0.717) is 22.8 Å². The first-order chi connectivity index (χ1) is 9.97. The summed E-state index contributed by atoms with van der Waals surface area (Å²) in [4.78, 5) is 4.36. The van der Waals surface area contributed by atoms with Crippen LogP contribution >= 0.6 is 11.3 Å². The summed E-state index contributed by atoms with van der Waals surface area (Å²) in [6.07, 6.45) is 0. The number of hydrogen-bond donors (Lipinski definition) is 1. The minimum Gasteiger partial charge on any atom is -0.383 e. The van der Waals surface area contributed by atoms with E-state index in [1.54, 1.807) is 7.05 Å². The van der Waals surface area contributed by atoms with Gasteiger partial charge in [0, 0.05) is 24.1 Å². The third kappa shape index (κ3) is 2.29. The molecule has 0 aliphatic carbocycles. The van der Waals surface area contributed by atoms with Crippen molar-refractivity contribution in [3.8, 4) is 22.5 Å². The van der Waals surface area contributed by atoms with Crippen LogP contribution in [-0.2, 0) is 7.05 Å². The zero-order valence-electron chi connectivity index (χ0n) is 11.4. The number of aryl methyl sites for hydroxylation is 2. The van der Waals surface area contributed by atoms with Crippen molar-refractivity contribution in [3.05, 3.63) is 40.2 Å². The number of nitrogens with zero attached hydrogens (tertiary/aromatic N) is 3. The van der Waals surface area contributed by atoms with E-state index >= 15 is 0 Å². The van der Waals surface area contributed by atoms with E-state index in [2.05, 4.69) is 10.1 Å². The second-order valence-electron chi connectivity index (χ2n) is 4.61.